The van der Waals surface area contributed by atoms with Gasteiger partial charge in [0.25, 0.3) is 0 Å². The molecule has 3 N–H and O–H groups in total. The fourth-order valence-corrected chi connectivity index (χ4v) is 2.46. The van der Waals surface area contributed by atoms with Gasteiger partial charge < -0.3 is 15.2 Å². The monoisotopic (exact) mass is 286 g/mol. The van der Waals surface area contributed by atoms with Crippen molar-refractivity contribution in [2.45, 2.75) is 57.0 Å². The van der Waals surface area contributed by atoms with E-state index in [0.29, 0.717) is 0 Å². The zero-order valence-electron chi connectivity index (χ0n) is 12.2. The summed E-state index contributed by atoms with van der Waals surface area (Å²) in [5.41, 5.74) is 0. The molecule has 0 unspecified atom stereocenters. The molecule has 6 nitrogen and oxygen atoms in total. The lowest BCUT2D eigenvalue weighted by Gasteiger charge is -2.21. The second-order valence-corrected chi connectivity index (χ2v) is 5.25. The van der Waals surface area contributed by atoms with Crippen LogP contribution in [-0.2, 0) is 14.3 Å². The van der Waals surface area contributed by atoms with Crippen molar-refractivity contribution in [3.05, 3.63) is 0 Å². The molecule has 0 spiro atoms. The maximum atomic E-state index is 11.8. The topological polar surface area (TPSA) is 87.7 Å². The van der Waals surface area contributed by atoms with Crippen molar-refractivity contribution in [2.24, 2.45) is 0 Å². The van der Waals surface area contributed by atoms with Gasteiger partial charge in [-0.2, -0.15) is 0 Å². The van der Waals surface area contributed by atoms with Gasteiger partial charge in [0.05, 0.1) is 20.3 Å². The molecule has 0 bridgehead atoms. The van der Waals surface area contributed by atoms with Crippen molar-refractivity contribution >= 4 is 11.9 Å². The highest BCUT2D eigenvalue weighted by Crippen LogP contribution is 2.16. The predicted octanol–water partition coefficient (Wildman–Crippen LogP) is 0.339. The van der Waals surface area contributed by atoms with Crippen LogP contribution in [0.15, 0.2) is 0 Å². The molecule has 0 aromatic rings. The number of hydrogen-bond acceptors (Lipinski definition) is 5. The Hall–Kier alpha value is -1.14. The van der Waals surface area contributed by atoms with Crippen molar-refractivity contribution < 1.29 is 19.4 Å². The van der Waals surface area contributed by atoms with Gasteiger partial charge >= 0.3 is 5.97 Å². The molecule has 6 heteroatoms. The van der Waals surface area contributed by atoms with Crippen LogP contribution in [0.2, 0.25) is 0 Å². The van der Waals surface area contributed by atoms with Gasteiger partial charge in [-0.25, -0.2) is 0 Å². The Morgan fingerprint density at radius 2 is 1.80 bits per heavy atom. The summed E-state index contributed by atoms with van der Waals surface area (Å²) in [5, 5.41) is 14.7. The Balaban J connectivity index is 2.29. The Bertz CT molecular complexity index is 302. The predicted molar refractivity (Wildman–Crippen MR) is 75.1 cm³/mol. The van der Waals surface area contributed by atoms with E-state index in [1.807, 2.05) is 0 Å². The first-order valence-corrected chi connectivity index (χ1v) is 7.38. The number of esters is 1. The van der Waals surface area contributed by atoms with Crippen molar-refractivity contribution in [3.63, 3.8) is 0 Å². The highest BCUT2D eigenvalue weighted by Gasteiger charge is 2.19. The minimum atomic E-state index is -0.844. The molecule has 1 fully saturated rings. The smallest absolute Gasteiger partial charge is 0.325 e. The van der Waals surface area contributed by atoms with Crippen LogP contribution >= 0.6 is 0 Å². The summed E-state index contributed by atoms with van der Waals surface area (Å²) in [5.74, 6) is -0.704. The van der Waals surface area contributed by atoms with Crippen LogP contribution in [0.5, 0.6) is 0 Å². The molecule has 0 radical (unpaired) electrons. The van der Waals surface area contributed by atoms with Crippen LogP contribution in [-0.4, -0.2) is 49.3 Å². The number of aliphatic hydroxyl groups excluding tert-OH is 1. The third kappa shape index (κ3) is 6.34. The molecule has 20 heavy (non-hydrogen) atoms. The largest absolute Gasteiger partial charge is 0.468 e. The first kappa shape index (κ1) is 16.9. The quantitative estimate of drug-likeness (QED) is 0.613. The van der Waals surface area contributed by atoms with Crippen LogP contribution in [0, 0.1) is 0 Å². The summed E-state index contributed by atoms with van der Waals surface area (Å²) in [6, 6.07) is -0.613. The average Bonchev–Trinajstić information content (AvgIpc) is 2.42. The van der Waals surface area contributed by atoms with Crippen LogP contribution in [0.25, 0.3) is 0 Å². The van der Waals surface area contributed by atoms with Crippen molar-refractivity contribution in [1.82, 2.24) is 10.6 Å². The van der Waals surface area contributed by atoms with Crippen molar-refractivity contribution in [3.8, 4) is 0 Å². The van der Waals surface area contributed by atoms with E-state index >= 15 is 0 Å². The normalized spacial score (nSPS) is 18.7. The Morgan fingerprint density at radius 1 is 1.20 bits per heavy atom. The fourth-order valence-electron chi connectivity index (χ4n) is 2.46. The van der Waals surface area contributed by atoms with E-state index in [9.17, 15) is 9.59 Å². The summed E-state index contributed by atoms with van der Waals surface area (Å²) in [4.78, 5) is 23.1. The molecule has 1 amide bonds. The lowest BCUT2D eigenvalue weighted by molar-refractivity contribution is -0.144. The van der Waals surface area contributed by atoms with Crippen LogP contribution in [0.3, 0.4) is 0 Å². The number of aliphatic hydroxyl groups is 1. The average molecular weight is 286 g/mol. The van der Waals surface area contributed by atoms with Crippen molar-refractivity contribution in [1.29, 1.82) is 0 Å². The molecule has 1 aliphatic carbocycles. The molecule has 1 saturated carbocycles. The number of rotatable bonds is 6. The lowest BCUT2D eigenvalue weighted by atomic mass is 9.97. The summed E-state index contributed by atoms with van der Waals surface area (Å²) in [7, 11) is 1.25. The zero-order chi connectivity index (χ0) is 14.8. The highest BCUT2D eigenvalue weighted by atomic mass is 16.5. The van der Waals surface area contributed by atoms with Gasteiger partial charge in [0.15, 0.2) is 0 Å². The summed E-state index contributed by atoms with van der Waals surface area (Å²) >= 11 is 0. The molecule has 1 rings (SSSR count). The summed E-state index contributed by atoms with van der Waals surface area (Å²) < 4.78 is 4.52. The van der Waals surface area contributed by atoms with Crippen molar-refractivity contribution in [2.75, 3.05) is 20.3 Å². The number of hydrogen-bond donors (Lipinski definition) is 3. The minimum absolute atomic E-state index is 0.0107. The Labute approximate surface area is 120 Å². The van der Waals surface area contributed by atoms with Crippen LogP contribution in [0.4, 0.5) is 0 Å². The maximum absolute atomic E-state index is 11.8. The molecule has 0 aliphatic heterocycles. The molecule has 1 aliphatic rings. The van der Waals surface area contributed by atoms with E-state index in [0.717, 1.165) is 25.7 Å². The van der Waals surface area contributed by atoms with Gasteiger partial charge in [0.2, 0.25) is 5.91 Å². The SMILES string of the molecule is COC(=O)[C@H](CO)NCC(=O)NC1CCCCCCC1. The molecular weight excluding hydrogens is 260 g/mol. The molecule has 0 aromatic carbocycles. The van der Waals surface area contributed by atoms with E-state index < -0.39 is 12.0 Å². The van der Waals surface area contributed by atoms with Crippen LogP contribution < -0.4 is 10.6 Å². The molecule has 0 aromatic heterocycles. The zero-order valence-corrected chi connectivity index (χ0v) is 12.2. The van der Waals surface area contributed by atoms with Gasteiger partial charge in [-0.15, -0.1) is 0 Å². The number of amides is 1. The Kier molecular flexibility index (Phi) is 8.22. The van der Waals surface area contributed by atoms with Gasteiger partial charge in [-0.1, -0.05) is 32.1 Å². The molecule has 116 valence electrons. The number of ether oxygens (including phenoxy) is 1. The molecule has 0 heterocycles. The second kappa shape index (κ2) is 9.72. The minimum Gasteiger partial charge on any atom is -0.468 e. The summed E-state index contributed by atoms with van der Waals surface area (Å²) in [6.45, 7) is -0.375. The maximum Gasteiger partial charge on any atom is 0.325 e. The molecule has 0 saturated heterocycles. The van der Waals surface area contributed by atoms with E-state index in [1.165, 1.54) is 26.4 Å². The number of carbonyl (C=O) groups is 2. The standard InChI is InChI=1S/C14H26N2O4/c1-20-14(19)12(10-17)15-9-13(18)16-11-7-5-3-2-4-6-8-11/h11-12,15,17H,2-10H2,1H3,(H,16,18)/t12-/m0/s1. The fraction of sp³-hybridized carbons (Fsp3) is 0.857. The molecular formula is C14H26N2O4. The van der Waals surface area contributed by atoms with Gasteiger partial charge in [-0.05, 0) is 12.8 Å². The number of methoxy groups -OCH3 is 1. The van der Waals surface area contributed by atoms with E-state index in [4.69, 9.17) is 5.11 Å². The van der Waals surface area contributed by atoms with E-state index in [-0.39, 0.29) is 25.1 Å². The van der Waals surface area contributed by atoms with Gasteiger partial charge in [-0.3, -0.25) is 14.9 Å². The van der Waals surface area contributed by atoms with Gasteiger partial charge in [0.1, 0.15) is 6.04 Å². The van der Waals surface area contributed by atoms with Gasteiger partial charge in [0, 0.05) is 6.04 Å². The van der Waals surface area contributed by atoms with Crippen LogP contribution in [0.1, 0.15) is 44.9 Å². The van der Waals surface area contributed by atoms with E-state index in [1.54, 1.807) is 0 Å². The third-order valence-corrected chi connectivity index (χ3v) is 3.65. The first-order valence-electron chi connectivity index (χ1n) is 7.38. The lowest BCUT2D eigenvalue weighted by Crippen LogP contribution is -2.47. The van der Waals surface area contributed by atoms with E-state index in [2.05, 4.69) is 15.4 Å². The number of nitrogens with one attached hydrogen (secondary N) is 2. The third-order valence-electron chi connectivity index (χ3n) is 3.65. The molecule has 1 atom stereocenters. The Morgan fingerprint density at radius 3 is 2.35 bits per heavy atom. The second-order valence-electron chi connectivity index (χ2n) is 5.25. The first-order chi connectivity index (χ1) is 9.67. The summed E-state index contributed by atoms with van der Waals surface area (Å²) in [6.07, 6.45) is 8.11. The highest BCUT2D eigenvalue weighted by molar-refractivity contribution is 5.80. The number of carbonyl (C=O) groups excluding carboxylic acids is 2.